The van der Waals surface area contributed by atoms with Crippen LogP contribution in [0.15, 0.2) is 34.9 Å². The summed E-state index contributed by atoms with van der Waals surface area (Å²) in [6, 6.07) is 6.46. The maximum absolute atomic E-state index is 13.2. The van der Waals surface area contributed by atoms with Crippen LogP contribution in [0.1, 0.15) is 17.2 Å². The van der Waals surface area contributed by atoms with Crippen LogP contribution in [0.3, 0.4) is 0 Å². The Morgan fingerprint density at radius 3 is 2.80 bits per heavy atom. The second kappa shape index (κ2) is 4.23. The van der Waals surface area contributed by atoms with Crippen molar-refractivity contribution in [2.24, 2.45) is 0 Å². The number of hydrogen-bond donors (Lipinski definition) is 1. The molecular weight excluding hydrogens is 197 g/mol. The van der Waals surface area contributed by atoms with Gasteiger partial charge in [0, 0.05) is 0 Å². The zero-order valence-electron chi connectivity index (χ0n) is 7.98. The maximum Gasteiger partial charge on any atom is 0.199 e. The highest BCUT2D eigenvalue weighted by Crippen LogP contribution is 2.13. The Morgan fingerprint density at radius 2 is 2.13 bits per heavy atom. The molecule has 4 heteroatoms. The fourth-order valence-corrected chi connectivity index (χ4v) is 1.31. The summed E-state index contributed by atoms with van der Waals surface area (Å²) in [5.41, 5.74) is 0.531. The van der Waals surface area contributed by atoms with Crippen molar-refractivity contribution in [2.45, 2.75) is 13.0 Å². The van der Waals surface area contributed by atoms with Crippen molar-refractivity contribution >= 4 is 0 Å². The largest absolute Gasteiger partial charge is 0.443 e. The van der Waals surface area contributed by atoms with E-state index in [2.05, 4.69) is 4.98 Å². The Labute approximate surface area is 86.2 Å². The summed E-state index contributed by atoms with van der Waals surface area (Å²) in [5, 5.41) is 8.76. The van der Waals surface area contributed by atoms with Crippen molar-refractivity contribution in [2.75, 3.05) is 0 Å². The van der Waals surface area contributed by atoms with E-state index in [1.807, 2.05) is 0 Å². The average Bonchev–Trinajstić information content (AvgIpc) is 2.69. The summed E-state index contributed by atoms with van der Waals surface area (Å²) in [7, 11) is 0. The third-order valence-electron chi connectivity index (χ3n) is 2.06. The number of oxazole rings is 1. The number of nitrogens with zero attached hydrogens (tertiary/aromatic N) is 1. The molecule has 0 aliphatic carbocycles. The van der Waals surface area contributed by atoms with Crippen molar-refractivity contribution in [3.05, 3.63) is 53.5 Å². The Balaban J connectivity index is 2.18. The minimum Gasteiger partial charge on any atom is -0.443 e. The fraction of sp³-hybridized carbons (Fsp3) is 0.182. The molecule has 0 saturated carbocycles. The van der Waals surface area contributed by atoms with Crippen molar-refractivity contribution < 1.29 is 13.9 Å². The molecule has 0 saturated heterocycles. The quantitative estimate of drug-likeness (QED) is 0.836. The predicted octanol–water partition coefficient (Wildman–Crippen LogP) is 1.90. The number of aromatic nitrogens is 1. The SMILES string of the molecule is OCc1cnc(Cc2ccccc2F)o1. The van der Waals surface area contributed by atoms with Crippen LogP contribution in [-0.2, 0) is 13.0 Å². The van der Waals surface area contributed by atoms with Gasteiger partial charge in [0.2, 0.25) is 0 Å². The van der Waals surface area contributed by atoms with Gasteiger partial charge in [-0.15, -0.1) is 0 Å². The molecule has 0 fully saturated rings. The van der Waals surface area contributed by atoms with Gasteiger partial charge in [-0.3, -0.25) is 0 Å². The van der Waals surface area contributed by atoms with Crippen molar-refractivity contribution in [3.63, 3.8) is 0 Å². The van der Waals surface area contributed by atoms with Crippen LogP contribution in [0.5, 0.6) is 0 Å². The summed E-state index contributed by atoms with van der Waals surface area (Å²) in [4.78, 5) is 3.93. The molecule has 15 heavy (non-hydrogen) atoms. The van der Waals surface area contributed by atoms with E-state index in [1.54, 1.807) is 18.2 Å². The van der Waals surface area contributed by atoms with E-state index in [9.17, 15) is 4.39 Å². The van der Waals surface area contributed by atoms with E-state index in [0.717, 1.165) is 0 Å². The van der Waals surface area contributed by atoms with Gasteiger partial charge in [0.25, 0.3) is 0 Å². The normalized spacial score (nSPS) is 10.5. The fourth-order valence-electron chi connectivity index (χ4n) is 1.31. The van der Waals surface area contributed by atoms with Crippen LogP contribution in [-0.4, -0.2) is 10.1 Å². The predicted molar refractivity (Wildman–Crippen MR) is 51.6 cm³/mol. The molecule has 0 aliphatic rings. The molecule has 2 aromatic rings. The minimum absolute atomic E-state index is 0.190. The van der Waals surface area contributed by atoms with Crippen LogP contribution in [0.2, 0.25) is 0 Å². The number of aliphatic hydroxyl groups is 1. The molecular formula is C11H10FNO2. The molecule has 0 aliphatic heterocycles. The number of halogens is 1. The van der Waals surface area contributed by atoms with E-state index in [0.29, 0.717) is 23.6 Å². The molecule has 0 radical (unpaired) electrons. The monoisotopic (exact) mass is 207 g/mol. The lowest BCUT2D eigenvalue weighted by atomic mass is 10.1. The first-order valence-corrected chi connectivity index (χ1v) is 4.57. The smallest absolute Gasteiger partial charge is 0.199 e. The Morgan fingerprint density at radius 1 is 1.33 bits per heavy atom. The molecule has 3 nitrogen and oxygen atoms in total. The first kappa shape index (κ1) is 9.86. The van der Waals surface area contributed by atoms with E-state index in [1.165, 1.54) is 12.3 Å². The summed E-state index contributed by atoms with van der Waals surface area (Å²) in [6.07, 6.45) is 1.74. The van der Waals surface area contributed by atoms with Crippen LogP contribution in [0, 0.1) is 5.82 Å². The maximum atomic E-state index is 13.2. The molecule has 1 heterocycles. The highest BCUT2D eigenvalue weighted by Gasteiger charge is 2.07. The molecule has 0 unspecified atom stereocenters. The second-order valence-corrected chi connectivity index (χ2v) is 3.15. The standard InChI is InChI=1S/C11H10FNO2/c12-10-4-2-1-3-8(10)5-11-13-6-9(7-14)15-11/h1-4,6,14H,5,7H2. The molecule has 78 valence electrons. The Bertz CT molecular complexity index is 453. The second-order valence-electron chi connectivity index (χ2n) is 3.15. The highest BCUT2D eigenvalue weighted by molar-refractivity contribution is 5.20. The van der Waals surface area contributed by atoms with E-state index in [-0.39, 0.29) is 12.4 Å². The van der Waals surface area contributed by atoms with Gasteiger partial charge in [-0.1, -0.05) is 18.2 Å². The lowest BCUT2D eigenvalue weighted by molar-refractivity contribution is 0.244. The third-order valence-corrected chi connectivity index (χ3v) is 2.06. The van der Waals surface area contributed by atoms with Crippen molar-refractivity contribution in [1.82, 2.24) is 4.98 Å². The number of aliphatic hydroxyl groups excluding tert-OH is 1. The summed E-state index contributed by atoms with van der Waals surface area (Å²) >= 11 is 0. The third kappa shape index (κ3) is 2.22. The summed E-state index contributed by atoms with van der Waals surface area (Å²) in [6.45, 7) is -0.190. The zero-order chi connectivity index (χ0) is 10.7. The summed E-state index contributed by atoms with van der Waals surface area (Å²) in [5.74, 6) is 0.520. The van der Waals surface area contributed by atoms with Gasteiger partial charge in [-0.2, -0.15) is 0 Å². The van der Waals surface area contributed by atoms with Gasteiger partial charge in [-0.25, -0.2) is 9.37 Å². The van der Waals surface area contributed by atoms with Crippen LogP contribution in [0.4, 0.5) is 4.39 Å². The summed E-state index contributed by atoms with van der Waals surface area (Å²) < 4.78 is 18.4. The lowest BCUT2D eigenvalue weighted by Crippen LogP contribution is -1.91. The molecule has 2 rings (SSSR count). The topological polar surface area (TPSA) is 46.3 Å². The lowest BCUT2D eigenvalue weighted by Gasteiger charge is -1.98. The number of rotatable bonds is 3. The van der Waals surface area contributed by atoms with Gasteiger partial charge in [-0.05, 0) is 11.6 Å². The molecule has 1 aromatic heterocycles. The average molecular weight is 207 g/mol. The van der Waals surface area contributed by atoms with Gasteiger partial charge < -0.3 is 9.52 Å². The van der Waals surface area contributed by atoms with Gasteiger partial charge >= 0.3 is 0 Å². The zero-order valence-corrected chi connectivity index (χ0v) is 7.98. The first-order valence-electron chi connectivity index (χ1n) is 4.57. The highest BCUT2D eigenvalue weighted by atomic mass is 19.1. The number of benzene rings is 1. The van der Waals surface area contributed by atoms with Crippen molar-refractivity contribution in [3.8, 4) is 0 Å². The minimum atomic E-state index is -0.277. The van der Waals surface area contributed by atoms with Gasteiger partial charge in [0.1, 0.15) is 18.2 Å². The molecule has 1 N–H and O–H groups in total. The molecule has 1 aromatic carbocycles. The number of hydrogen-bond acceptors (Lipinski definition) is 3. The molecule has 0 amide bonds. The molecule has 0 atom stereocenters. The van der Waals surface area contributed by atoms with E-state index in [4.69, 9.17) is 9.52 Å². The molecule has 0 spiro atoms. The van der Waals surface area contributed by atoms with E-state index < -0.39 is 0 Å². The first-order chi connectivity index (χ1) is 7.29. The Hall–Kier alpha value is -1.68. The van der Waals surface area contributed by atoms with Crippen LogP contribution < -0.4 is 0 Å². The van der Waals surface area contributed by atoms with Crippen molar-refractivity contribution in [1.29, 1.82) is 0 Å². The van der Waals surface area contributed by atoms with Gasteiger partial charge in [0.05, 0.1) is 12.6 Å². The van der Waals surface area contributed by atoms with Crippen LogP contribution in [0.25, 0.3) is 0 Å². The molecule has 0 bridgehead atoms. The van der Waals surface area contributed by atoms with Gasteiger partial charge in [0.15, 0.2) is 5.89 Å². The van der Waals surface area contributed by atoms with E-state index >= 15 is 0 Å². The Kier molecular flexibility index (Phi) is 2.78. The van der Waals surface area contributed by atoms with Crippen LogP contribution >= 0.6 is 0 Å².